The molecule has 0 bridgehead atoms. The number of rotatable bonds is 6. The van der Waals surface area contributed by atoms with Gasteiger partial charge in [0.1, 0.15) is 11.5 Å². The van der Waals surface area contributed by atoms with Crippen molar-refractivity contribution in [2.24, 2.45) is 11.8 Å². The molecule has 4 atom stereocenters. The van der Waals surface area contributed by atoms with E-state index in [1.165, 1.54) is 6.07 Å². The van der Waals surface area contributed by atoms with Crippen molar-refractivity contribution in [3.8, 4) is 17.2 Å². The van der Waals surface area contributed by atoms with Crippen molar-refractivity contribution < 1.29 is 19.0 Å². The van der Waals surface area contributed by atoms with Crippen molar-refractivity contribution in [1.82, 2.24) is 9.88 Å². The predicted octanol–water partition coefficient (Wildman–Crippen LogP) is 3.83. The van der Waals surface area contributed by atoms with Crippen LogP contribution in [0.5, 0.6) is 17.2 Å². The summed E-state index contributed by atoms with van der Waals surface area (Å²) >= 11 is 0. The van der Waals surface area contributed by atoms with Crippen LogP contribution in [0.1, 0.15) is 31.4 Å². The van der Waals surface area contributed by atoms with Gasteiger partial charge in [0, 0.05) is 31.2 Å². The highest BCUT2D eigenvalue weighted by atomic mass is 19.1. The number of aromatic nitrogens is 1. The van der Waals surface area contributed by atoms with Crippen molar-refractivity contribution in [3.63, 3.8) is 0 Å². The Bertz CT molecular complexity index is 800. The number of hydrogen-bond acceptors (Lipinski definition) is 5. The summed E-state index contributed by atoms with van der Waals surface area (Å²) in [6.07, 6.45) is 2.43. The van der Waals surface area contributed by atoms with Crippen molar-refractivity contribution in [1.29, 1.82) is 0 Å². The zero-order valence-corrected chi connectivity index (χ0v) is 16.3. The molecule has 2 aromatic rings. The van der Waals surface area contributed by atoms with E-state index in [0.29, 0.717) is 17.5 Å². The molecule has 2 heterocycles. The normalized spacial score (nSPS) is 25.5. The van der Waals surface area contributed by atoms with Gasteiger partial charge >= 0.3 is 0 Å². The molecule has 2 unspecified atom stereocenters. The molecule has 0 radical (unpaired) electrons. The summed E-state index contributed by atoms with van der Waals surface area (Å²) in [6, 6.07) is 10.9. The molecule has 6 heteroatoms. The monoisotopic (exact) mass is 386 g/mol. The van der Waals surface area contributed by atoms with Gasteiger partial charge in [-0.15, -0.1) is 0 Å². The Hall–Kier alpha value is -2.34. The van der Waals surface area contributed by atoms with Gasteiger partial charge in [-0.1, -0.05) is 6.92 Å². The van der Waals surface area contributed by atoms with Crippen LogP contribution in [0, 0.1) is 17.8 Å². The van der Waals surface area contributed by atoms with Gasteiger partial charge in [0.25, 0.3) is 5.95 Å². The van der Waals surface area contributed by atoms with E-state index in [1.54, 1.807) is 13.2 Å². The molecular formula is C22H27FN2O3. The van der Waals surface area contributed by atoms with Crippen LogP contribution in [0.2, 0.25) is 0 Å². The summed E-state index contributed by atoms with van der Waals surface area (Å²) in [6.45, 7) is 5.02. The molecule has 2 fully saturated rings. The van der Waals surface area contributed by atoms with Gasteiger partial charge in [-0.05, 0) is 61.1 Å². The molecular weight excluding hydrogens is 359 g/mol. The van der Waals surface area contributed by atoms with Gasteiger partial charge in [-0.25, -0.2) is 4.98 Å². The van der Waals surface area contributed by atoms with E-state index in [9.17, 15) is 9.50 Å². The summed E-state index contributed by atoms with van der Waals surface area (Å²) < 4.78 is 24.9. The molecule has 1 aliphatic carbocycles. The van der Waals surface area contributed by atoms with E-state index in [0.717, 1.165) is 44.0 Å². The van der Waals surface area contributed by atoms with Gasteiger partial charge in [0.2, 0.25) is 0 Å². The number of pyridine rings is 1. The number of ether oxygens (including phenoxy) is 2. The minimum absolute atomic E-state index is 0.125. The lowest BCUT2D eigenvalue weighted by Crippen LogP contribution is -2.28. The average Bonchev–Trinajstić information content (AvgIpc) is 3.22. The fourth-order valence-corrected chi connectivity index (χ4v) is 4.63. The van der Waals surface area contributed by atoms with E-state index in [1.807, 2.05) is 24.3 Å². The van der Waals surface area contributed by atoms with Crippen LogP contribution in [-0.4, -0.2) is 47.8 Å². The molecule has 1 aromatic heterocycles. The number of nitrogens with zero attached hydrogens (tertiary/aromatic N) is 2. The molecule has 28 heavy (non-hydrogen) atoms. The quantitative estimate of drug-likeness (QED) is 0.765. The summed E-state index contributed by atoms with van der Waals surface area (Å²) in [5.41, 5.74) is 0.688. The zero-order valence-electron chi connectivity index (χ0n) is 16.3. The SMILES string of the molecule is COc1ccc(OC2C[C@@H]3CN(CC(C)c4ccc(O)c(F)n4)C[C@@H]3C2)cc1. The number of hydrogen-bond donors (Lipinski definition) is 1. The number of likely N-dealkylation sites (tertiary alicyclic amines) is 1. The number of fused-ring (bicyclic) bond motifs is 1. The standard InChI is InChI=1S/C22H27FN2O3/c1-14(20-7-8-21(26)22(23)24-20)11-25-12-15-9-19(10-16(15)13-25)28-18-5-3-17(27-2)4-6-18/h3-8,14-16,19,26H,9-13H2,1-2H3/t14?,15-,16+,19?. The van der Waals surface area contributed by atoms with Gasteiger partial charge in [0.05, 0.1) is 13.2 Å². The predicted molar refractivity (Wildman–Crippen MR) is 104 cm³/mol. The fourth-order valence-electron chi connectivity index (χ4n) is 4.63. The number of halogens is 1. The third kappa shape index (κ3) is 4.07. The smallest absolute Gasteiger partial charge is 0.255 e. The van der Waals surface area contributed by atoms with Crippen LogP contribution >= 0.6 is 0 Å². The summed E-state index contributed by atoms with van der Waals surface area (Å²) in [4.78, 5) is 6.34. The second kappa shape index (κ2) is 7.95. The molecule has 5 nitrogen and oxygen atoms in total. The molecule has 1 N–H and O–H groups in total. The molecule has 150 valence electrons. The number of aromatic hydroxyl groups is 1. The number of benzene rings is 1. The zero-order chi connectivity index (χ0) is 19.7. The van der Waals surface area contributed by atoms with Crippen LogP contribution in [0.25, 0.3) is 0 Å². The van der Waals surface area contributed by atoms with Gasteiger partial charge < -0.3 is 19.5 Å². The van der Waals surface area contributed by atoms with Crippen LogP contribution < -0.4 is 9.47 Å². The molecule has 1 saturated heterocycles. The van der Waals surface area contributed by atoms with Gasteiger partial charge in [0.15, 0.2) is 5.75 Å². The molecule has 1 aliphatic heterocycles. The second-order valence-corrected chi connectivity index (χ2v) is 8.07. The van der Waals surface area contributed by atoms with Crippen LogP contribution in [0.3, 0.4) is 0 Å². The first kappa shape index (κ1) is 19.0. The van der Waals surface area contributed by atoms with E-state index < -0.39 is 11.7 Å². The Kier molecular flexibility index (Phi) is 5.40. The Morgan fingerprint density at radius 3 is 2.36 bits per heavy atom. The maximum absolute atomic E-state index is 13.5. The van der Waals surface area contributed by atoms with Crippen LogP contribution in [0.15, 0.2) is 36.4 Å². The Morgan fingerprint density at radius 2 is 1.75 bits per heavy atom. The average molecular weight is 386 g/mol. The van der Waals surface area contributed by atoms with Gasteiger partial charge in [-0.3, -0.25) is 0 Å². The third-order valence-electron chi connectivity index (χ3n) is 6.03. The van der Waals surface area contributed by atoms with E-state index in [2.05, 4.69) is 16.8 Å². The lowest BCUT2D eigenvalue weighted by Gasteiger charge is -2.23. The van der Waals surface area contributed by atoms with Crippen molar-refractivity contribution in [3.05, 3.63) is 48.0 Å². The minimum Gasteiger partial charge on any atom is -0.504 e. The molecule has 0 spiro atoms. The first-order valence-electron chi connectivity index (χ1n) is 9.90. The Balaban J connectivity index is 1.28. The van der Waals surface area contributed by atoms with Gasteiger partial charge in [-0.2, -0.15) is 4.39 Å². The lowest BCUT2D eigenvalue weighted by atomic mass is 10.0. The molecule has 0 amide bonds. The highest BCUT2D eigenvalue weighted by Gasteiger charge is 2.42. The maximum atomic E-state index is 13.5. The highest BCUT2D eigenvalue weighted by Crippen LogP contribution is 2.40. The highest BCUT2D eigenvalue weighted by molar-refractivity contribution is 5.31. The minimum atomic E-state index is -0.791. The topological polar surface area (TPSA) is 54.8 Å². The van der Waals surface area contributed by atoms with Crippen LogP contribution in [0.4, 0.5) is 4.39 Å². The largest absolute Gasteiger partial charge is 0.504 e. The first-order chi connectivity index (χ1) is 13.5. The van der Waals surface area contributed by atoms with E-state index in [4.69, 9.17) is 9.47 Å². The molecule has 4 rings (SSSR count). The van der Waals surface area contributed by atoms with E-state index >= 15 is 0 Å². The van der Waals surface area contributed by atoms with Crippen molar-refractivity contribution >= 4 is 0 Å². The molecule has 2 aliphatic rings. The fraction of sp³-hybridized carbons (Fsp3) is 0.500. The van der Waals surface area contributed by atoms with E-state index in [-0.39, 0.29) is 12.0 Å². The second-order valence-electron chi connectivity index (χ2n) is 8.07. The van der Waals surface area contributed by atoms with Crippen molar-refractivity contribution in [2.45, 2.75) is 31.8 Å². The first-order valence-corrected chi connectivity index (χ1v) is 9.90. The Labute approximate surface area is 165 Å². The Morgan fingerprint density at radius 1 is 1.11 bits per heavy atom. The van der Waals surface area contributed by atoms with Crippen LogP contribution in [-0.2, 0) is 0 Å². The molecule has 1 saturated carbocycles. The summed E-state index contributed by atoms with van der Waals surface area (Å²) in [5.74, 6) is 1.98. The maximum Gasteiger partial charge on any atom is 0.255 e. The third-order valence-corrected chi connectivity index (χ3v) is 6.03. The summed E-state index contributed by atoms with van der Waals surface area (Å²) in [7, 11) is 1.66. The lowest BCUT2D eigenvalue weighted by molar-refractivity contribution is 0.184. The van der Waals surface area contributed by atoms with Crippen molar-refractivity contribution in [2.75, 3.05) is 26.7 Å². The summed E-state index contributed by atoms with van der Waals surface area (Å²) in [5, 5.41) is 9.31. The number of methoxy groups -OCH3 is 1. The molecule has 1 aromatic carbocycles.